The Bertz CT molecular complexity index is 734. The largest absolute Gasteiger partial charge is 0.338 e. The first-order valence-corrected chi connectivity index (χ1v) is 5.42. The molecule has 0 saturated carbocycles. The van der Waals surface area contributed by atoms with Crippen molar-refractivity contribution in [1.82, 2.24) is 15.0 Å². The molecule has 0 unspecified atom stereocenters. The van der Waals surface area contributed by atoms with Crippen LogP contribution in [0.5, 0.6) is 0 Å². The summed E-state index contributed by atoms with van der Waals surface area (Å²) >= 11 is 0. The zero-order valence-electron chi connectivity index (χ0n) is 9.54. The topological polar surface area (TPSA) is 41.6 Å². The lowest BCUT2D eigenvalue weighted by molar-refractivity contribution is 0.515. The maximum Gasteiger partial charge on any atom is 0.186 e. The predicted octanol–water partition coefficient (Wildman–Crippen LogP) is 3.21. The monoisotopic (exact) mass is 245 g/mol. The Kier molecular flexibility index (Phi) is 2.33. The maximum atomic E-state index is 13.5. The van der Waals surface area contributed by atoms with E-state index in [2.05, 4.69) is 15.0 Å². The molecule has 5 heteroatoms. The second kappa shape index (κ2) is 3.87. The zero-order valence-corrected chi connectivity index (χ0v) is 9.54. The van der Waals surface area contributed by atoms with Gasteiger partial charge in [-0.25, -0.2) is 13.8 Å². The summed E-state index contributed by atoms with van der Waals surface area (Å²) in [7, 11) is 0. The number of fused-ring (bicyclic) bond motifs is 1. The normalized spacial score (nSPS) is 11.1. The van der Waals surface area contributed by atoms with Crippen molar-refractivity contribution in [1.29, 1.82) is 0 Å². The number of nitrogens with zero attached hydrogens (tertiary/aromatic N) is 2. The molecule has 0 aliphatic carbocycles. The summed E-state index contributed by atoms with van der Waals surface area (Å²) < 4.78 is 26.6. The van der Waals surface area contributed by atoms with Crippen molar-refractivity contribution in [2.24, 2.45) is 0 Å². The van der Waals surface area contributed by atoms with Crippen molar-refractivity contribution < 1.29 is 8.78 Å². The highest BCUT2D eigenvalue weighted by atomic mass is 19.2. The molecule has 90 valence electrons. The molecule has 2 aromatic heterocycles. The maximum absolute atomic E-state index is 13.5. The lowest BCUT2D eigenvalue weighted by atomic mass is 10.2. The van der Waals surface area contributed by atoms with Crippen LogP contribution in [0.1, 0.15) is 5.69 Å². The Labute approximate surface area is 102 Å². The van der Waals surface area contributed by atoms with Gasteiger partial charge in [-0.15, -0.1) is 0 Å². The van der Waals surface area contributed by atoms with Crippen LogP contribution in [0, 0.1) is 18.6 Å². The molecule has 1 N–H and O–H groups in total. The third-order valence-corrected chi connectivity index (χ3v) is 2.72. The van der Waals surface area contributed by atoms with Crippen LogP contribution in [0.4, 0.5) is 8.78 Å². The van der Waals surface area contributed by atoms with Crippen molar-refractivity contribution in [3.63, 3.8) is 0 Å². The molecule has 1 aromatic carbocycles. The first kappa shape index (κ1) is 10.8. The first-order valence-electron chi connectivity index (χ1n) is 5.42. The SMILES string of the molecule is Cc1cc(-c2nc3c(F)c(F)ccc3[nH]2)ccn1. The Morgan fingerprint density at radius 1 is 1.17 bits per heavy atom. The second-order valence-corrected chi connectivity index (χ2v) is 4.03. The molecule has 3 rings (SSSR count). The van der Waals surface area contributed by atoms with Crippen LogP contribution in [0.25, 0.3) is 22.4 Å². The standard InChI is InChI=1S/C13H9F2N3/c1-7-6-8(4-5-16-7)13-17-10-3-2-9(14)11(15)12(10)18-13/h2-6H,1H3,(H,17,18). The third-order valence-electron chi connectivity index (χ3n) is 2.72. The molecule has 3 aromatic rings. The van der Waals surface area contributed by atoms with Gasteiger partial charge < -0.3 is 4.98 Å². The minimum Gasteiger partial charge on any atom is -0.338 e. The summed E-state index contributed by atoms with van der Waals surface area (Å²) in [5.74, 6) is -1.33. The first-order chi connectivity index (χ1) is 8.65. The van der Waals surface area contributed by atoms with E-state index in [0.29, 0.717) is 11.3 Å². The number of nitrogens with one attached hydrogen (secondary N) is 1. The molecule has 0 radical (unpaired) electrons. The van der Waals surface area contributed by atoms with Gasteiger partial charge in [-0.2, -0.15) is 0 Å². The van der Waals surface area contributed by atoms with E-state index < -0.39 is 11.6 Å². The van der Waals surface area contributed by atoms with Crippen LogP contribution in [-0.2, 0) is 0 Å². The van der Waals surface area contributed by atoms with E-state index in [9.17, 15) is 8.78 Å². The average Bonchev–Trinajstić information content (AvgIpc) is 2.79. The summed E-state index contributed by atoms with van der Waals surface area (Å²) in [6.07, 6.45) is 1.65. The summed E-state index contributed by atoms with van der Waals surface area (Å²) in [5.41, 5.74) is 2.11. The number of pyridine rings is 1. The van der Waals surface area contributed by atoms with Crippen molar-refractivity contribution in [2.75, 3.05) is 0 Å². The van der Waals surface area contributed by atoms with Gasteiger partial charge in [0.2, 0.25) is 0 Å². The summed E-state index contributed by atoms with van der Waals surface area (Å²) in [6, 6.07) is 6.14. The second-order valence-electron chi connectivity index (χ2n) is 4.03. The van der Waals surface area contributed by atoms with E-state index in [1.54, 1.807) is 12.3 Å². The Morgan fingerprint density at radius 2 is 2.00 bits per heavy atom. The number of aromatic nitrogens is 3. The highest BCUT2D eigenvalue weighted by molar-refractivity contribution is 5.80. The van der Waals surface area contributed by atoms with Gasteiger partial charge in [0.1, 0.15) is 11.3 Å². The van der Waals surface area contributed by atoms with Gasteiger partial charge in [0.05, 0.1) is 5.52 Å². The van der Waals surface area contributed by atoms with Crippen molar-refractivity contribution in [3.8, 4) is 11.4 Å². The number of benzene rings is 1. The van der Waals surface area contributed by atoms with Crippen molar-refractivity contribution in [3.05, 3.63) is 47.8 Å². The number of aromatic amines is 1. The van der Waals surface area contributed by atoms with E-state index in [0.717, 1.165) is 17.3 Å². The van der Waals surface area contributed by atoms with Crippen LogP contribution in [0.2, 0.25) is 0 Å². The minimum atomic E-state index is -0.930. The van der Waals surface area contributed by atoms with Gasteiger partial charge >= 0.3 is 0 Å². The average molecular weight is 245 g/mol. The molecule has 0 fully saturated rings. The summed E-state index contributed by atoms with van der Waals surface area (Å²) in [5, 5.41) is 0. The molecule has 0 atom stereocenters. The number of H-pyrrole nitrogens is 1. The highest BCUT2D eigenvalue weighted by Crippen LogP contribution is 2.23. The third kappa shape index (κ3) is 1.64. The fourth-order valence-corrected chi connectivity index (χ4v) is 1.85. The van der Waals surface area contributed by atoms with Crippen molar-refractivity contribution >= 4 is 11.0 Å². The van der Waals surface area contributed by atoms with Crippen LogP contribution >= 0.6 is 0 Å². The lowest BCUT2D eigenvalue weighted by Crippen LogP contribution is -1.85. The van der Waals surface area contributed by atoms with E-state index in [4.69, 9.17) is 0 Å². The Hall–Kier alpha value is -2.30. The number of rotatable bonds is 1. The van der Waals surface area contributed by atoms with Crippen LogP contribution < -0.4 is 0 Å². The van der Waals surface area contributed by atoms with E-state index in [1.165, 1.54) is 6.07 Å². The minimum absolute atomic E-state index is 0.0134. The van der Waals surface area contributed by atoms with Gasteiger partial charge in [-0.1, -0.05) is 0 Å². The Balaban J connectivity index is 2.23. The molecule has 0 aliphatic rings. The molecule has 0 bridgehead atoms. The van der Waals surface area contributed by atoms with Gasteiger partial charge in [-0.3, -0.25) is 4.98 Å². The molecule has 0 spiro atoms. The number of halogens is 2. The Morgan fingerprint density at radius 3 is 2.78 bits per heavy atom. The zero-order chi connectivity index (χ0) is 12.7. The van der Waals surface area contributed by atoms with Crippen LogP contribution in [-0.4, -0.2) is 15.0 Å². The number of aryl methyl sites for hydroxylation is 1. The van der Waals surface area contributed by atoms with Crippen molar-refractivity contribution in [2.45, 2.75) is 6.92 Å². The van der Waals surface area contributed by atoms with Gasteiger partial charge in [0.25, 0.3) is 0 Å². The summed E-state index contributed by atoms with van der Waals surface area (Å²) in [4.78, 5) is 11.1. The lowest BCUT2D eigenvalue weighted by Gasteiger charge is -1.96. The van der Waals surface area contributed by atoms with Crippen LogP contribution in [0.15, 0.2) is 30.5 Å². The molecule has 3 nitrogen and oxygen atoms in total. The summed E-state index contributed by atoms with van der Waals surface area (Å²) in [6.45, 7) is 1.85. The molecular weight excluding hydrogens is 236 g/mol. The smallest absolute Gasteiger partial charge is 0.186 e. The number of hydrogen-bond donors (Lipinski definition) is 1. The molecule has 0 amide bonds. The molecular formula is C13H9F2N3. The number of hydrogen-bond acceptors (Lipinski definition) is 2. The van der Waals surface area contributed by atoms with Gasteiger partial charge in [0.15, 0.2) is 11.6 Å². The highest BCUT2D eigenvalue weighted by Gasteiger charge is 2.12. The van der Waals surface area contributed by atoms with E-state index >= 15 is 0 Å². The predicted molar refractivity (Wildman–Crippen MR) is 64.0 cm³/mol. The van der Waals surface area contributed by atoms with Gasteiger partial charge in [-0.05, 0) is 31.2 Å². The molecule has 0 saturated heterocycles. The quantitative estimate of drug-likeness (QED) is 0.715. The molecule has 2 heterocycles. The fraction of sp³-hybridized carbons (Fsp3) is 0.0769. The molecule has 0 aliphatic heterocycles. The van der Waals surface area contributed by atoms with E-state index in [-0.39, 0.29) is 5.52 Å². The van der Waals surface area contributed by atoms with Crippen LogP contribution in [0.3, 0.4) is 0 Å². The number of imidazole rings is 1. The molecule has 18 heavy (non-hydrogen) atoms. The van der Waals surface area contributed by atoms with E-state index in [1.807, 2.05) is 13.0 Å². The van der Waals surface area contributed by atoms with Gasteiger partial charge in [0, 0.05) is 17.5 Å². The fourth-order valence-electron chi connectivity index (χ4n) is 1.85.